The first-order valence-electron chi connectivity index (χ1n) is 9.89. The molecule has 1 unspecified atom stereocenters. The molecular formula is C25H16Cl2N2O5. The van der Waals surface area contributed by atoms with Gasteiger partial charge in [-0.05, 0) is 42.0 Å². The van der Waals surface area contributed by atoms with Crippen LogP contribution in [0.15, 0.2) is 72.1 Å². The molecule has 0 aliphatic carbocycles. The summed E-state index contributed by atoms with van der Waals surface area (Å²) in [6, 6.07) is 18.0. The summed E-state index contributed by atoms with van der Waals surface area (Å²) < 4.78 is 15.8. The van der Waals surface area contributed by atoms with Crippen molar-refractivity contribution in [3.8, 4) is 17.6 Å². The molecule has 0 saturated carbocycles. The van der Waals surface area contributed by atoms with E-state index in [2.05, 4.69) is 6.07 Å². The van der Waals surface area contributed by atoms with Crippen LogP contribution in [0.3, 0.4) is 0 Å². The van der Waals surface area contributed by atoms with Gasteiger partial charge in [0.05, 0.1) is 29.2 Å². The molecule has 1 heterocycles. The van der Waals surface area contributed by atoms with E-state index in [1.165, 1.54) is 31.4 Å². The Balaban J connectivity index is 1.67. The molecule has 0 spiro atoms. The van der Waals surface area contributed by atoms with E-state index in [9.17, 15) is 14.9 Å². The Morgan fingerprint density at radius 2 is 1.76 bits per heavy atom. The molecule has 1 aliphatic heterocycles. The third-order valence-corrected chi connectivity index (χ3v) is 5.77. The quantitative estimate of drug-likeness (QED) is 0.390. The number of hydrogen-bond acceptors (Lipinski definition) is 7. The summed E-state index contributed by atoms with van der Waals surface area (Å²) >= 11 is 12.0. The van der Waals surface area contributed by atoms with Crippen LogP contribution in [0, 0.1) is 11.3 Å². The number of allylic oxidation sites excluding steroid dienone is 1. The van der Waals surface area contributed by atoms with Gasteiger partial charge >= 0.3 is 11.9 Å². The van der Waals surface area contributed by atoms with Gasteiger partial charge < -0.3 is 19.9 Å². The lowest BCUT2D eigenvalue weighted by molar-refractivity contribution is 0.0600. The van der Waals surface area contributed by atoms with Gasteiger partial charge in [0.2, 0.25) is 5.88 Å². The summed E-state index contributed by atoms with van der Waals surface area (Å²) in [5.41, 5.74) is 8.13. The average molecular weight is 495 g/mol. The number of carbonyl (C=O) groups is 2. The SMILES string of the molecule is COC(=O)c1ccc(C2C(C#N)=C(N)Oc3cc(OC(=O)c4ccc(Cl)cc4Cl)ccc32)cc1. The molecule has 2 N–H and O–H groups in total. The minimum absolute atomic E-state index is 0.0683. The predicted octanol–water partition coefficient (Wildman–Crippen LogP) is 5.22. The summed E-state index contributed by atoms with van der Waals surface area (Å²) in [7, 11) is 1.30. The zero-order chi connectivity index (χ0) is 24.4. The third-order valence-electron chi connectivity index (χ3n) is 5.22. The van der Waals surface area contributed by atoms with Crippen molar-refractivity contribution in [2.45, 2.75) is 5.92 Å². The van der Waals surface area contributed by atoms with Crippen LogP contribution in [0.5, 0.6) is 11.5 Å². The fourth-order valence-corrected chi connectivity index (χ4v) is 4.07. The largest absolute Gasteiger partial charge is 0.465 e. The lowest BCUT2D eigenvalue weighted by atomic mass is 9.83. The molecule has 1 aliphatic rings. The summed E-state index contributed by atoms with van der Waals surface area (Å²) in [4.78, 5) is 24.3. The minimum Gasteiger partial charge on any atom is -0.465 e. The molecule has 0 aromatic heterocycles. The maximum Gasteiger partial charge on any atom is 0.345 e. The number of esters is 2. The molecule has 0 fully saturated rings. The highest BCUT2D eigenvalue weighted by Crippen LogP contribution is 2.43. The van der Waals surface area contributed by atoms with Crippen LogP contribution in [-0.2, 0) is 4.74 Å². The fraction of sp³-hybridized carbons (Fsp3) is 0.0800. The molecule has 0 amide bonds. The van der Waals surface area contributed by atoms with E-state index in [4.69, 9.17) is 43.1 Å². The predicted molar refractivity (Wildman–Crippen MR) is 125 cm³/mol. The molecule has 9 heteroatoms. The Morgan fingerprint density at radius 3 is 2.41 bits per heavy atom. The zero-order valence-electron chi connectivity index (χ0n) is 17.7. The van der Waals surface area contributed by atoms with E-state index >= 15 is 0 Å². The van der Waals surface area contributed by atoms with E-state index < -0.39 is 17.9 Å². The second kappa shape index (κ2) is 9.48. The number of nitriles is 1. The Morgan fingerprint density at radius 1 is 1.03 bits per heavy atom. The van der Waals surface area contributed by atoms with Gasteiger partial charge in [0.1, 0.15) is 23.1 Å². The van der Waals surface area contributed by atoms with Gasteiger partial charge in [-0.3, -0.25) is 0 Å². The van der Waals surface area contributed by atoms with Crippen molar-refractivity contribution in [2.24, 2.45) is 5.73 Å². The monoisotopic (exact) mass is 494 g/mol. The Kier molecular flexibility index (Phi) is 6.46. The number of nitrogens with zero attached hydrogens (tertiary/aromatic N) is 1. The van der Waals surface area contributed by atoms with Crippen LogP contribution < -0.4 is 15.2 Å². The molecule has 7 nitrogen and oxygen atoms in total. The van der Waals surface area contributed by atoms with E-state index in [0.29, 0.717) is 21.9 Å². The van der Waals surface area contributed by atoms with Gasteiger partial charge in [0.15, 0.2) is 0 Å². The first-order chi connectivity index (χ1) is 16.3. The van der Waals surface area contributed by atoms with E-state index in [1.807, 2.05) is 0 Å². The van der Waals surface area contributed by atoms with Gasteiger partial charge in [-0.25, -0.2) is 9.59 Å². The van der Waals surface area contributed by atoms with E-state index in [0.717, 1.165) is 5.56 Å². The first kappa shape index (κ1) is 23.2. The van der Waals surface area contributed by atoms with Crippen LogP contribution in [0.1, 0.15) is 37.8 Å². The number of halogens is 2. The normalized spacial score (nSPS) is 14.5. The van der Waals surface area contributed by atoms with E-state index in [1.54, 1.807) is 36.4 Å². The number of nitrogens with two attached hydrogens (primary N) is 1. The Hall–Kier alpha value is -3.99. The summed E-state index contributed by atoms with van der Waals surface area (Å²) in [5.74, 6) is -1.23. The molecule has 0 radical (unpaired) electrons. The van der Waals surface area contributed by atoms with Crippen molar-refractivity contribution in [3.05, 3.63) is 104 Å². The third kappa shape index (κ3) is 4.42. The summed E-state index contributed by atoms with van der Waals surface area (Å²) in [5, 5.41) is 10.3. The van der Waals surface area contributed by atoms with Crippen molar-refractivity contribution >= 4 is 35.1 Å². The van der Waals surface area contributed by atoms with Crippen molar-refractivity contribution in [3.63, 3.8) is 0 Å². The molecular weight excluding hydrogens is 479 g/mol. The van der Waals surface area contributed by atoms with Gasteiger partial charge in [-0.2, -0.15) is 5.26 Å². The number of methoxy groups -OCH3 is 1. The van der Waals surface area contributed by atoms with Gasteiger partial charge in [-0.15, -0.1) is 0 Å². The number of rotatable bonds is 4. The lowest BCUT2D eigenvalue weighted by Crippen LogP contribution is -2.21. The Bertz CT molecular complexity index is 1380. The maximum absolute atomic E-state index is 12.6. The highest BCUT2D eigenvalue weighted by Gasteiger charge is 2.31. The number of ether oxygens (including phenoxy) is 3. The first-order valence-corrected chi connectivity index (χ1v) is 10.6. The molecule has 170 valence electrons. The van der Waals surface area contributed by atoms with Crippen molar-refractivity contribution in [1.82, 2.24) is 0 Å². The smallest absolute Gasteiger partial charge is 0.345 e. The van der Waals surface area contributed by atoms with Crippen molar-refractivity contribution in [2.75, 3.05) is 7.11 Å². The molecule has 0 saturated heterocycles. The fourth-order valence-electron chi connectivity index (χ4n) is 3.59. The molecule has 4 rings (SSSR count). The Labute approximate surface area is 204 Å². The topological polar surface area (TPSA) is 112 Å². The maximum atomic E-state index is 12.6. The van der Waals surface area contributed by atoms with Gasteiger partial charge in [0, 0.05) is 16.7 Å². The standard InChI is InChI=1S/C25H16Cl2N2O5/c1-32-24(30)14-4-2-13(3-5-14)22-18-9-7-16(11-21(18)34-23(29)19(22)12-28)33-25(31)17-8-6-15(26)10-20(17)27/h2-11,22H,29H2,1H3. The zero-order valence-corrected chi connectivity index (χ0v) is 19.2. The van der Waals surface area contributed by atoms with Crippen molar-refractivity contribution in [1.29, 1.82) is 5.26 Å². The van der Waals surface area contributed by atoms with Gasteiger partial charge in [0.25, 0.3) is 0 Å². The van der Waals surface area contributed by atoms with Gasteiger partial charge in [-0.1, -0.05) is 41.4 Å². The lowest BCUT2D eigenvalue weighted by Gasteiger charge is -2.26. The molecule has 3 aromatic rings. The average Bonchev–Trinajstić information content (AvgIpc) is 2.82. The van der Waals surface area contributed by atoms with E-state index in [-0.39, 0.29) is 27.8 Å². The van der Waals surface area contributed by atoms with Crippen LogP contribution in [0.2, 0.25) is 10.0 Å². The van der Waals surface area contributed by atoms with Crippen LogP contribution >= 0.6 is 23.2 Å². The van der Waals surface area contributed by atoms with Crippen molar-refractivity contribution < 1.29 is 23.8 Å². The molecule has 3 aromatic carbocycles. The van der Waals surface area contributed by atoms with Crippen LogP contribution in [-0.4, -0.2) is 19.0 Å². The molecule has 1 atom stereocenters. The summed E-state index contributed by atoms with van der Waals surface area (Å²) in [6.45, 7) is 0. The molecule has 0 bridgehead atoms. The second-order valence-corrected chi connectivity index (χ2v) is 8.10. The second-order valence-electron chi connectivity index (χ2n) is 7.25. The molecule has 34 heavy (non-hydrogen) atoms. The summed E-state index contributed by atoms with van der Waals surface area (Å²) in [6.07, 6.45) is 0. The number of carbonyl (C=O) groups excluding carboxylic acids is 2. The van der Waals surface area contributed by atoms with Crippen LogP contribution in [0.25, 0.3) is 0 Å². The number of fused-ring (bicyclic) bond motifs is 1. The minimum atomic E-state index is -0.673. The number of hydrogen-bond donors (Lipinski definition) is 1. The van der Waals surface area contributed by atoms with Crippen LogP contribution in [0.4, 0.5) is 0 Å². The highest BCUT2D eigenvalue weighted by atomic mass is 35.5. The number of benzene rings is 3. The highest BCUT2D eigenvalue weighted by molar-refractivity contribution is 6.36.